The van der Waals surface area contributed by atoms with E-state index in [4.69, 9.17) is 23.2 Å². The minimum atomic E-state index is -0.0770. The first kappa shape index (κ1) is 24.5. The van der Waals surface area contributed by atoms with Gasteiger partial charge in [-0.1, -0.05) is 60.9 Å². The molecule has 1 amide bonds. The van der Waals surface area contributed by atoms with E-state index in [0.717, 1.165) is 20.2 Å². The molecule has 0 fully saturated rings. The molecule has 5 nitrogen and oxygen atoms in total. The smallest absolute Gasteiger partial charge is 0.234 e. The van der Waals surface area contributed by atoms with Gasteiger partial charge in [-0.05, 0) is 53.9 Å². The van der Waals surface area contributed by atoms with Crippen LogP contribution in [0, 0.1) is 0 Å². The number of phenolic OH excluding ortho intramolecular Hbond substituents is 1. The Balaban J connectivity index is 1.39. The average Bonchev–Trinajstić information content (AvgIpc) is 3.21. The number of fused-ring (bicyclic) bond motifs is 1. The van der Waals surface area contributed by atoms with Gasteiger partial charge in [-0.2, -0.15) is 0 Å². The van der Waals surface area contributed by atoms with Crippen LogP contribution < -0.4 is 5.32 Å². The van der Waals surface area contributed by atoms with E-state index in [0.29, 0.717) is 22.2 Å². The van der Waals surface area contributed by atoms with Crippen molar-refractivity contribution in [2.24, 2.45) is 4.99 Å². The van der Waals surface area contributed by atoms with Crippen molar-refractivity contribution in [1.82, 2.24) is 4.98 Å². The normalized spacial score (nSPS) is 11.6. The number of aliphatic imine (C=N–C) groups is 1. The van der Waals surface area contributed by atoms with Gasteiger partial charge in [0.15, 0.2) is 4.34 Å². The van der Waals surface area contributed by atoms with Crippen molar-refractivity contribution in [2.45, 2.75) is 24.1 Å². The molecule has 174 valence electrons. The molecule has 0 radical (unpaired) electrons. The van der Waals surface area contributed by atoms with Crippen LogP contribution in [0.3, 0.4) is 0 Å². The zero-order chi connectivity index (χ0) is 24.2. The summed E-state index contributed by atoms with van der Waals surface area (Å²) in [6.07, 6.45) is 1.52. The molecule has 0 spiro atoms. The summed E-state index contributed by atoms with van der Waals surface area (Å²) < 4.78 is 1.76. The Labute approximate surface area is 215 Å². The Morgan fingerprint density at radius 1 is 1.18 bits per heavy atom. The summed E-state index contributed by atoms with van der Waals surface area (Å²) in [5.74, 6) is 0.576. The molecule has 0 saturated carbocycles. The molecule has 3 aromatic carbocycles. The average molecular weight is 531 g/mol. The van der Waals surface area contributed by atoms with Crippen molar-refractivity contribution in [2.75, 3.05) is 11.1 Å². The summed E-state index contributed by atoms with van der Waals surface area (Å²) in [6.45, 7) is 4.27. The fraction of sp³-hybridized carbons (Fsp3) is 0.160. The molecule has 4 rings (SSSR count). The van der Waals surface area contributed by atoms with E-state index in [9.17, 15) is 9.90 Å². The Hall–Kier alpha value is -2.58. The summed E-state index contributed by atoms with van der Waals surface area (Å²) in [5, 5.41) is 13.6. The number of carbonyl (C=O) groups excluding carboxylic acids is 1. The van der Waals surface area contributed by atoms with Crippen LogP contribution >= 0.6 is 46.3 Å². The Morgan fingerprint density at radius 3 is 2.68 bits per heavy atom. The lowest BCUT2D eigenvalue weighted by Crippen LogP contribution is -2.13. The quantitative estimate of drug-likeness (QED) is 0.188. The summed E-state index contributed by atoms with van der Waals surface area (Å²) in [4.78, 5) is 21.4. The zero-order valence-corrected chi connectivity index (χ0v) is 21.5. The van der Waals surface area contributed by atoms with Crippen LogP contribution in [-0.2, 0) is 4.79 Å². The third kappa shape index (κ3) is 6.10. The van der Waals surface area contributed by atoms with E-state index in [1.807, 2.05) is 42.5 Å². The van der Waals surface area contributed by atoms with Gasteiger partial charge in [0.2, 0.25) is 5.91 Å². The number of nitrogens with zero attached hydrogens (tertiary/aromatic N) is 2. The number of rotatable bonds is 7. The Bertz CT molecular complexity index is 1370. The van der Waals surface area contributed by atoms with Crippen LogP contribution in [0.4, 0.5) is 11.4 Å². The standard InChI is InChI=1S/C25H21Cl2N3O2S2/c1-14(2)15-3-5-18(6-4-15)29-23(31)13-33-25-30-21-8-7-19(11-22(21)34-25)28-12-16-9-17(26)10-20(27)24(16)32/h3-12,14,32H,13H2,1-2H3,(H,29,31). The molecule has 0 unspecified atom stereocenters. The molecular weight excluding hydrogens is 509 g/mol. The summed E-state index contributed by atoms with van der Waals surface area (Å²) in [7, 11) is 0. The van der Waals surface area contributed by atoms with Gasteiger partial charge in [-0.25, -0.2) is 4.98 Å². The molecule has 0 aliphatic rings. The highest BCUT2D eigenvalue weighted by atomic mass is 35.5. The van der Waals surface area contributed by atoms with Gasteiger partial charge in [-0.15, -0.1) is 11.3 Å². The van der Waals surface area contributed by atoms with Crippen molar-refractivity contribution in [3.63, 3.8) is 0 Å². The molecule has 0 saturated heterocycles. The predicted molar refractivity (Wildman–Crippen MR) is 145 cm³/mol. The lowest BCUT2D eigenvalue weighted by atomic mass is 10.0. The highest BCUT2D eigenvalue weighted by Gasteiger charge is 2.10. The summed E-state index contributed by atoms with van der Waals surface area (Å²) >= 11 is 14.9. The number of amides is 1. The maximum Gasteiger partial charge on any atom is 0.234 e. The first-order valence-corrected chi connectivity index (χ1v) is 13.0. The van der Waals surface area contributed by atoms with E-state index < -0.39 is 0 Å². The molecule has 34 heavy (non-hydrogen) atoms. The van der Waals surface area contributed by atoms with Crippen molar-refractivity contribution < 1.29 is 9.90 Å². The van der Waals surface area contributed by atoms with Gasteiger partial charge in [0.1, 0.15) is 5.75 Å². The van der Waals surface area contributed by atoms with E-state index in [1.54, 1.807) is 6.07 Å². The number of halogens is 2. The Kier molecular flexibility index (Phi) is 7.78. The van der Waals surface area contributed by atoms with Gasteiger partial charge in [0.25, 0.3) is 0 Å². The predicted octanol–water partition coefficient (Wildman–Crippen LogP) is 7.91. The van der Waals surface area contributed by atoms with Gasteiger partial charge in [-0.3, -0.25) is 9.79 Å². The van der Waals surface area contributed by atoms with Crippen LogP contribution in [0.2, 0.25) is 10.0 Å². The number of benzene rings is 3. The maximum absolute atomic E-state index is 12.4. The minimum Gasteiger partial charge on any atom is -0.506 e. The van der Waals surface area contributed by atoms with Crippen LogP contribution in [0.15, 0.2) is 63.9 Å². The minimum absolute atomic E-state index is 0.0680. The fourth-order valence-corrected chi connectivity index (χ4v) is 5.55. The number of hydrogen-bond acceptors (Lipinski definition) is 6. The molecule has 0 bridgehead atoms. The van der Waals surface area contributed by atoms with Crippen molar-refractivity contribution in [3.8, 4) is 5.75 Å². The van der Waals surface area contributed by atoms with Crippen molar-refractivity contribution >= 4 is 80.0 Å². The molecule has 1 heterocycles. The summed E-state index contributed by atoms with van der Waals surface area (Å²) in [6, 6.07) is 16.6. The first-order valence-electron chi connectivity index (χ1n) is 10.4. The number of aromatic hydroxyl groups is 1. The second-order valence-electron chi connectivity index (χ2n) is 7.83. The van der Waals surface area contributed by atoms with E-state index in [2.05, 4.69) is 29.1 Å². The number of phenols is 1. The van der Waals surface area contributed by atoms with Crippen molar-refractivity contribution in [1.29, 1.82) is 0 Å². The molecule has 1 aromatic heterocycles. The molecule has 0 aliphatic heterocycles. The number of carbonyl (C=O) groups is 1. The third-order valence-electron chi connectivity index (χ3n) is 4.95. The van der Waals surface area contributed by atoms with E-state index in [-0.39, 0.29) is 22.4 Å². The van der Waals surface area contributed by atoms with Gasteiger partial charge in [0.05, 0.1) is 26.7 Å². The topological polar surface area (TPSA) is 74.6 Å². The van der Waals surface area contributed by atoms with Crippen LogP contribution in [0.1, 0.15) is 30.9 Å². The molecular formula is C25H21Cl2N3O2S2. The number of nitrogens with one attached hydrogen (secondary N) is 1. The second-order valence-corrected chi connectivity index (χ2v) is 10.9. The number of hydrogen-bond donors (Lipinski definition) is 2. The largest absolute Gasteiger partial charge is 0.506 e. The van der Waals surface area contributed by atoms with Crippen LogP contribution in [0.5, 0.6) is 5.75 Å². The summed E-state index contributed by atoms with van der Waals surface area (Å²) in [5.41, 5.74) is 3.99. The lowest BCUT2D eigenvalue weighted by Gasteiger charge is -2.08. The number of thiazole rings is 1. The van der Waals surface area contributed by atoms with Crippen molar-refractivity contribution in [3.05, 3.63) is 75.8 Å². The number of aromatic nitrogens is 1. The first-order chi connectivity index (χ1) is 16.3. The number of thioether (sulfide) groups is 1. The molecule has 0 atom stereocenters. The van der Waals surface area contributed by atoms with Gasteiger partial charge in [0, 0.05) is 22.5 Å². The van der Waals surface area contributed by atoms with E-state index in [1.165, 1.54) is 40.9 Å². The lowest BCUT2D eigenvalue weighted by molar-refractivity contribution is -0.113. The molecule has 4 aromatic rings. The fourth-order valence-electron chi connectivity index (χ4n) is 3.14. The second kappa shape index (κ2) is 10.8. The maximum atomic E-state index is 12.4. The van der Waals surface area contributed by atoms with Crippen LogP contribution in [0.25, 0.3) is 10.2 Å². The zero-order valence-electron chi connectivity index (χ0n) is 18.4. The molecule has 0 aliphatic carbocycles. The highest BCUT2D eigenvalue weighted by molar-refractivity contribution is 8.01. The van der Waals surface area contributed by atoms with Gasteiger partial charge < -0.3 is 10.4 Å². The highest BCUT2D eigenvalue weighted by Crippen LogP contribution is 2.33. The Morgan fingerprint density at radius 2 is 1.94 bits per heavy atom. The molecule has 9 heteroatoms. The van der Waals surface area contributed by atoms with E-state index >= 15 is 0 Å². The number of anilines is 1. The van der Waals surface area contributed by atoms with Crippen LogP contribution in [-0.4, -0.2) is 28.0 Å². The molecule has 2 N–H and O–H groups in total. The third-order valence-corrected chi connectivity index (χ3v) is 7.62. The van der Waals surface area contributed by atoms with Gasteiger partial charge >= 0.3 is 0 Å². The monoisotopic (exact) mass is 529 g/mol. The SMILES string of the molecule is CC(C)c1ccc(NC(=O)CSc2nc3ccc(N=Cc4cc(Cl)cc(Cl)c4O)cc3s2)cc1.